The van der Waals surface area contributed by atoms with Gasteiger partial charge in [0.1, 0.15) is 0 Å². The van der Waals surface area contributed by atoms with Crippen LogP contribution in [0, 0.1) is 0 Å². The van der Waals surface area contributed by atoms with Gasteiger partial charge in [-0.25, -0.2) is 4.79 Å². The Morgan fingerprint density at radius 3 is 2.38 bits per heavy atom. The molecule has 0 unspecified atom stereocenters. The third-order valence-electron chi connectivity index (χ3n) is 1.41. The van der Waals surface area contributed by atoms with Gasteiger partial charge in [-0.2, -0.15) is 0 Å². The standard InChI is InChI=1S/C9H7ClO3/c10-9(12)13-6-8(11)7-4-2-1-3-5-7/h1-5H,6H2. The van der Waals surface area contributed by atoms with Gasteiger partial charge in [-0.15, -0.1) is 0 Å². The zero-order valence-electron chi connectivity index (χ0n) is 6.70. The van der Waals surface area contributed by atoms with Gasteiger partial charge in [0, 0.05) is 17.2 Å². The van der Waals surface area contributed by atoms with Crippen LogP contribution in [0.3, 0.4) is 0 Å². The van der Waals surface area contributed by atoms with Crippen molar-refractivity contribution in [2.75, 3.05) is 6.61 Å². The van der Waals surface area contributed by atoms with E-state index in [0.29, 0.717) is 5.56 Å². The number of ketones is 1. The Labute approximate surface area is 80.3 Å². The van der Waals surface area contributed by atoms with E-state index < -0.39 is 5.43 Å². The predicted octanol–water partition coefficient (Wildman–Crippen LogP) is 2.24. The van der Waals surface area contributed by atoms with Crippen LogP contribution in [0.15, 0.2) is 30.3 Å². The van der Waals surface area contributed by atoms with Crippen LogP contribution in [-0.2, 0) is 4.74 Å². The Hall–Kier alpha value is -1.35. The summed E-state index contributed by atoms with van der Waals surface area (Å²) in [5, 5.41) is 0. The molecule has 0 aromatic heterocycles. The molecule has 0 bridgehead atoms. The Balaban J connectivity index is 2.54. The quantitative estimate of drug-likeness (QED) is 0.553. The highest BCUT2D eigenvalue weighted by atomic mass is 35.5. The summed E-state index contributed by atoms with van der Waals surface area (Å²) in [6.45, 7) is -0.313. The van der Waals surface area contributed by atoms with Gasteiger partial charge in [0.2, 0.25) is 0 Å². The number of ether oxygens (including phenoxy) is 1. The molecule has 0 radical (unpaired) electrons. The van der Waals surface area contributed by atoms with Crippen LogP contribution in [0.5, 0.6) is 0 Å². The van der Waals surface area contributed by atoms with Gasteiger partial charge in [0.25, 0.3) is 0 Å². The monoisotopic (exact) mass is 198 g/mol. The predicted molar refractivity (Wildman–Crippen MR) is 48.0 cm³/mol. The Morgan fingerprint density at radius 2 is 1.85 bits per heavy atom. The molecule has 0 aliphatic rings. The maximum Gasteiger partial charge on any atom is 0.404 e. The lowest BCUT2D eigenvalue weighted by Crippen LogP contribution is -2.09. The van der Waals surface area contributed by atoms with Crippen LogP contribution in [0.25, 0.3) is 0 Å². The maximum atomic E-state index is 11.2. The van der Waals surface area contributed by atoms with Gasteiger partial charge in [-0.3, -0.25) is 4.79 Å². The minimum Gasteiger partial charge on any atom is -0.445 e. The minimum atomic E-state index is -0.968. The third kappa shape index (κ3) is 3.25. The van der Waals surface area contributed by atoms with E-state index in [4.69, 9.17) is 11.6 Å². The Kier molecular flexibility index (Phi) is 3.46. The first kappa shape index (κ1) is 9.74. The SMILES string of the molecule is O=C(Cl)OCC(=O)c1ccccc1. The molecule has 0 atom stereocenters. The van der Waals surface area contributed by atoms with E-state index in [9.17, 15) is 9.59 Å². The molecule has 68 valence electrons. The number of carbonyl (C=O) groups excluding carboxylic acids is 2. The number of rotatable bonds is 3. The van der Waals surface area contributed by atoms with Crippen molar-refractivity contribution in [1.29, 1.82) is 0 Å². The fourth-order valence-electron chi connectivity index (χ4n) is 0.830. The maximum absolute atomic E-state index is 11.2. The second kappa shape index (κ2) is 4.62. The van der Waals surface area contributed by atoms with Crippen molar-refractivity contribution in [1.82, 2.24) is 0 Å². The average Bonchev–Trinajstić information content (AvgIpc) is 2.15. The highest BCUT2D eigenvalue weighted by Crippen LogP contribution is 2.00. The lowest BCUT2D eigenvalue weighted by Gasteiger charge is -1.99. The molecule has 0 heterocycles. The largest absolute Gasteiger partial charge is 0.445 e. The summed E-state index contributed by atoms with van der Waals surface area (Å²) < 4.78 is 4.34. The molecule has 0 saturated heterocycles. The molecule has 0 aliphatic heterocycles. The molecule has 1 aromatic carbocycles. The molecule has 0 amide bonds. The van der Waals surface area contributed by atoms with E-state index in [1.54, 1.807) is 30.3 Å². The summed E-state index contributed by atoms with van der Waals surface area (Å²) in [6.07, 6.45) is 0. The molecule has 0 spiro atoms. The van der Waals surface area contributed by atoms with Crippen LogP contribution in [-0.4, -0.2) is 17.8 Å². The normalized spacial score (nSPS) is 9.31. The Bertz CT molecular complexity index is 308. The van der Waals surface area contributed by atoms with E-state index in [0.717, 1.165) is 0 Å². The fourth-order valence-corrected chi connectivity index (χ4v) is 0.884. The van der Waals surface area contributed by atoms with E-state index in [-0.39, 0.29) is 12.4 Å². The van der Waals surface area contributed by atoms with Crippen LogP contribution < -0.4 is 0 Å². The average molecular weight is 199 g/mol. The molecule has 0 fully saturated rings. The molecular formula is C9H7ClO3. The first-order valence-electron chi connectivity index (χ1n) is 3.60. The molecular weight excluding hydrogens is 192 g/mol. The summed E-state index contributed by atoms with van der Waals surface area (Å²) in [4.78, 5) is 21.4. The molecule has 13 heavy (non-hydrogen) atoms. The summed E-state index contributed by atoms with van der Waals surface area (Å²) in [6, 6.07) is 8.55. The van der Waals surface area contributed by atoms with Gasteiger partial charge >= 0.3 is 5.43 Å². The van der Waals surface area contributed by atoms with E-state index >= 15 is 0 Å². The van der Waals surface area contributed by atoms with Gasteiger partial charge in [-0.1, -0.05) is 30.3 Å². The number of benzene rings is 1. The summed E-state index contributed by atoms with van der Waals surface area (Å²) >= 11 is 4.90. The van der Waals surface area contributed by atoms with Gasteiger partial charge in [0.15, 0.2) is 12.4 Å². The topological polar surface area (TPSA) is 43.4 Å². The lowest BCUT2D eigenvalue weighted by atomic mass is 10.1. The van der Waals surface area contributed by atoms with Crippen molar-refractivity contribution in [2.45, 2.75) is 0 Å². The minimum absolute atomic E-state index is 0.269. The number of carbonyl (C=O) groups is 2. The Morgan fingerprint density at radius 1 is 1.23 bits per heavy atom. The van der Waals surface area contributed by atoms with Crippen molar-refractivity contribution in [2.24, 2.45) is 0 Å². The van der Waals surface area contributed by atoms with Crippen LogP contribution >= 0.6 is 11.6 Å². The van der Waals surface area contributed by atoms with Crippen molar-refractivity contribution in [3.63, 3.8) is 0 Å². The second-order valence-electron chi connectivity index (χ2n) is 2.32. The van der Waals surface area contributed by atoms with Crippen molar-refractivity contribution in [3.05, 3.63) is 35.9 Å². The smallest absolute Gasteiger partial charge is 0.404 e. The van der Waals surface area contributed by atoms with Gasteiger partial charge < -0.3 is 4.74 Å². The highest BCUT2D eigenvalue weighted by Gasteiger charge is 2.06. The molecule has 0 aliphatic carbocycles. The summed E-state index contributed by atoms with van der Waals surface area (Å²) in [5.74, 6) is -0.269. The fraction of sp³-hybridized carbons (Fsp3) is 0.111. The zero-order valence-corrected chi connectivity index (χ0v) is 7.45. The highest BCUT2D eigenvalue weighted by molar-refractivity contribution is 6.61. The van der Waals surface area contributed by atoms with E-state index in [2.05, 4.69) is 4.74 Å². The lowest BCUT2D eigenvalue weighted by molar-refractivity contribution is 0.0876. The van der Waals surface area contributed by atoms with Crippen LogP contribution in [0.2, 0.25) is 0 Å². The number of hydrogen-bond donors (Lipinski definition) is 0. The van der Waals surface area contributed by atoms with Crippen molar-refractivity contribution >= 4 is 22.8 Å². The molecule has 1 aromatic rings. The number of hydrogen-bond acceptors (Lipinski definition) is 3. The third-order valence-corrected chi connectivity index (χ3v) is 1.52. The molecule has 1 rings (SSSR count). The molecule has 0 saturated carbocycles. The zero-order chi connectivity index (χ0) is 9.68. The first-order valence-corrected chi connectivity index (χ1v) is 3.98. The van der Waals surface area contributed by atoms with Gasteiger partial charge in [0.05, 0.1) is 0 Å². The summed E-state index contributed by atoms with van der Waals surface area (Å²) in [5.41, 5.74) is -0.468. The second-order valence-corrected chi connectivity index (χ2v) is 2.62. The molecule has 4 heteroatoms. The van der Waals surface area contributed by atoms with Crippen molar-refractivity contribution < 1.29 is 14.3 Å². The molecule has 0 N–H and O–H groups in total. The van der Waals surface area contributed by atoms with Crippen LogP contribution in [0.1, 0.15) is 10.4 Å². The number of halogens is 1. The van der Waals surface area contributed by atoms with Gasteiger partial charge in [-0.05, 0) is 0 Å². The van der Waals surface area contributed by atoms with Crippen LogP contribution in [0.4, 0.5) is 4.79 Å². The number of Topliss-reactive ketones (excluding diaryl/α,β-unsaturated/α-hetero) is 1. The first-order chi connectivity index (χ1) is 6.20. The van der Waals surface area contributed by atoms with Crippen molar-refractivity contribution in [3.8, 4) is 0 Å². The summed E-state index contributed by atoms with van der Waals surface area (Å²) in [7, 11) is 0. The van der Waals surface area contributed by atoms with E-state index in [1.165, 1.54) is 0 Å². The molecule has 3 nitrogen and oxygen atoms in total. The van der Waals surface area contributed by atoms with E-state index in [1.807, 2.05) is 0 Å².